The van der Waals surface area contributed by atoms with Gasteiger partial charge in [0.25, 0.3) is 0 Å². The molecular formula is C27H29Cl2N4+. The van der Waals surface area contributed by atoms with Crippen LogP contribution >= 0.6 is 23.2 Å². The molecule has 6 rings (SSSR count). The molecule has 2 aromatic carbocycles. The molecule has 2 aliphatic heterocycles. The first-order valence-corrected chi connectivity index (χ1v) is 12.7. The van der Waals surface area contributed by atoms with E-state index in [4.69, 9.17) is 33.2 Å². The lowest BCUT2D eigenvalue weighted by molar-refractivity contribution is 0.251. The van der Waals surface area contributed by atoms with E-state index in [0.717, 1.165) is 66.4 Å². The van der Waals surface area contributed by atoms with Gasteiger partial charge in [-0.15, -0.1) is 0 Å². The summed E-state index contributed by atoms with van der Waals surface area (Å²) in [6.07, 6.45) is 6.20. The Kier molecular flexibility index (Phi) is 5.26. The molecule has 33 heavy (non-hydrogen) atoms. The van der Waals surface area contributed by atoms with E-state index in [1.165, 1.54) is 33.9 Å². The molecular weight excluding hydrogens is 451 g/mol. The molecule has 0 bridgehead atoms. The van der Waals surface area contributed by atoms with Crippen LogP contribution in [0.15, 0.2) is 48.8 Å². The molecule has 1 unspecified atom stereocenters. The van der Waals surface area contributed by atoms with Crippen LogP contribution in [0, 0.1) is 0 Å². The van der Waals surface area contributed by atoms with Gasteiger partial charge in [-0.25, -0.2) is 9.47 Å². The summed E-state index contributed by atoms with van der Waals surface area (Å²) in [5.41, 5.74) is 6.70. The lowest BCUT2D eigenvalue weighted by atomic mass is 9.75. The maximum Gasteiger partial charge on any atom is 0.239 e. The third-order valence-electron chi connectivity index (χ3n) is 8.15. The third-order valence-corrected chi connectivity index (χ3v) is 8.63. The summed E-state index contributed by atoms with van der Waals surface area (Å²) in [7, 11) is 0. The zero-order chi connectivity index (χ0) is 22.6. The van der Waals surface area contributed by atoms with E-state index in [1.807, 2.05) is 12.1 Å². The average molecular weight is 480 g/mol. The van der Waals surface area contributed by atoms with Gasteiger partial charge in [-0.1, -0.05) is 42.3 Å². The highest BCUT2D eigenvalue weighted by atomic mass is 35.5. The monoisotopic (exact) mass is 479 g/mol. The predicted octanol–water partition coefficient (Wildman–Crippen LogP) is 6.31. The molecule has 1 fully saturated rings. The standard InChI is InChI=1S/C27H29Cl2N4/c1-18-2-8-23-25(18)26(32-17-31-23)33(15-19-3-5-20(28)6-4-19)16-27(10-12-30-13-11-27)22-14-21(29)7-9-24(22)33/h3-7,9,14,17-18,30H,2,8,10-13,15-16H2,1H3/q+1/t18?,33-/m1/s1. The minimum absolute atomic E-state index is 0.0948. The molecule has 2 atom stereocenters. The predicted molar refractivity (Wildman–Crippen MR) is 135 cm³/mol. The first kappa shape index (κ1) is 21.5. The Morgan fingerprint density at radius 1 is 1.03 bits per heavy atom. The molecule has 1 spiro atoms. The van der Waals surface area contributed by atoms with E-state index in [9.17, 15) is 0 Å². The fourth-order valence-corrected chi connectivity index (χ4v) is 6.89. The van der Waals surface area contributed by atoms with Crippen molar-refractivity contribution < 1.29 is 0 Å². The Bertz CT molecular complexity index is 1200. The van der Waals surface area contributed by atoms with Crippen molar-refractivity contribution in [2.24, 2.45) is 0 Å². The molecule has 3 heterocycles. The molecule has 3 aliphatic rings. The van der Waals surface area contributed by atoms with E-state index in [-0.39, 0.29) is 5.41 Å². The minimum atomic E-state index is 0.0948. The van der Waals surface area contributed by atoms with Gasteiger partial charge >= 0.3 is 0 Å². The van der Waals surface area contributed by atoms with Crippen molar-refractivity contribution in [2.75, 3.05) is 19.6 Å². The van der Waals surface area contributed by atoms with Crippen LogP contribution in [0.3, 0.4) is 0 Å². The summed E-state index contributed by atoms with van der Waals surface area (Å²) in [6, 6.07) is 14.9. The lowest BCUT2D eigenvalue weighted by Crippen LogP contribution is -2.50. The number of hydrogen-bond acceptors (Lipinski definition) is 3. The zero-order valence-electron chi connectivity index (χ0n) is 19.0. The molecule has 3 aromatic rings. The SMILES string of the molecule is CC1CCc2ncnc([N@+]3(Cc4ccc(Cl)cc4)CC4(CCNCC4)c4cc(Cl)ccc43)c21. The number of aryl methyl sites for hydroxylation is 1. The van der Waals surface area contributed by atoms with Crippen LogP contribution in [-0.4, -0.2) is 29.6 Å². The number of aromatic nitrogens is 2. The van der Waals surface area contributed by atoms with Gasteiger partial charge in [-0.2, -0.15) is 4.98 Å². The Hall–Kier alpha value is -1.98. The molecule has 1 aliphatic carbocycles. The minimum Gasteiger partial charge on any atom is -0.317 e. The maximum atomic E-state index is 6.60. The van der Waals surface area contributed by atoms with Gasteiger partial charge in [-0.05, 0) is 69.0 Å². The molecule has 1 saturated heterocycles. The number of nitrogens with one attached hydrogen (secondary N) is 1. The second-order valence-electron chi connectivity index (χ2n) is 10.1. The second-order valence-corrected chi connectivity index (χ2v) is 11.0. The molecule has 170 valence electrons. The van der Waals surface area contributed by atoms with E-state index >= 15 is 0 Å². The number of fused-ring (bicyclic) bond motifs is 3. The van der Waals surface area contributed by atoms with Crippen molar-refractivity contribution in [3.63, 3.8) is 0 Å². The Balaban J connectivity index is 1.61. The van der Waals surface area contributed by atoms with Crippen molar-refractivity contribution in [3.8, 4) is 0 Å². The number of rotatable bonds is 3. The van der Waals surface area contributed by atoms with Crippen molar-refractivity contribution in [1.82, 2.24) is 19.8 Å². The lowest BCUT2D eigenvalue weighted by Gasteiger charge is -2.39. The highest BCUT2D eigenvalue weighted by Gasteiger charge is 2.56. The fraction of sp³-hybridized carbons (Fsp3) is 0.407. The van der Waals surface area contributed by atoms with Crippen molar-refractivity contribution in [2.45, 2.75) is 50.5 Å². The second kappa shape index (κ2) is 8.06. The van der Waals surface area contributed by atoms with Crippen molar-refractivity contribution >= 4 is 34.7 Å². The smallest absolute Gasteiger partial charge is 0.239 e. The average Bonchev–Trinajstić information content (AvgIpc) is 3.32. The van der Waals surface area contributed by atoms with E-state index in [1.54, 1.807) is 6.33 Å². The van der Waals surface area contributed by atoms with Gasteiger partial charge in [0.2, 0.25) is 5.82 Å². The number of hydrogen-bond donors (Lipinski definition) is 1. The zero-order valence-corrected chi connectivity index (χ0v) is 20.5. The van der Waals surface area contributed by atoms with Gasteiger partial charge in [0.15, 0.2) is 0 Å². The summed E-state index contributed by atoms with van der Waals surface area (Å²) in [5, 5.41) is 5.16. The van der Waals surface area contributed by atoms with Gasteiger partial charge < -0.3 is 5.32 Å². The normalized spacial score (nSPS) is 25.2. The topological polar surface area (TPSA) is 37.8 Å². The maximum absolute atomic E-state index is 6.60. The first-order valence-electron chi connectivity index (χ1n) is 12.0. The number of piperidine rings is 1. The van der Waals surface area contributed by atoms with E-state index < -0.39 is 0 Å². The first-order chi connectivity index (χ1) is 16.0. The summed E-state index contributed by atoms with van der Waals surface area (Å²) < 4.78 is 0.726. The molecule has 0 amide bonds. The van der Waals surface area contributed by atoms with Crippen LogP contribution in [0.5, 0.6) is 0 Å². The highest BCUT2D eigenvalue weighted by Crippen LogP contribution is 2.56. The van der Waals surface area contributed by atoms with E-state index in [2.05, 4.69) is 42.6 Å². The molecule has 0 radical (unpaired) electrons. The number of benzene rings is 2. The largest absolute Gasteiger partial charge is 0.317 e. The Labute approximate surface area is 205 Å². The number of halogens is 2. The molecule has 1 aromatic heterocycles. The molecule has 0 saturated carbocycles. The van der Waals surface area contributed by atoms with Gasteiger partial charge in [0.1, 0.15) is 18.6 Å². The van der Waals surface area contributed by atoms with Crippen LogP contribution in [0.1, 0.15) is 54.5 Å². The van der Waals surface area contributed by atoms with Gasteiger partial charge in [0, 0.05) is 27.2 Å². The third kappa shape index (κ3) is 3.42. The van der Waals surface area contributed by atoms with Crippen LogP contribution in [0.2, 0.25) is 10.0 Å². The summed E-state index contributed by atoms with van der Waals surface area (Å²) >= 11 is 12.8. The van der Waals surface area contributed by atoms with Crippen LogP contribution in [0.25, 0.3) is 0 Å². The van der Waals surface area contributed by atoms with Crippen molar-refractivity contribution in [1.29, 1.82) is 0 Å². The summed E-state index contributed by atoms with van der Waals surface area (Å²) in [6.45, 7) is 6.24. The Morgan fingerprint density at radius 3 is 2.58 bits per heavy atom. The summed E-state index contributed by atoms with van der Waals surface area (Å²) in [5.74, 6) is 1.65. The molecule has 6 heteroatoms. The molecule has 4 nitrogen and oxygen atoms in total. The highest BCUT2D eigenvalue weighted by molar-refractivity contribution is 6.31. The number of nitrogens with zero attached hydrogens (tertiary/aromatic N) is 3. The van der Waals surface area contributed by atoms with Gasteiger partial charge in [-0.3, -0.25) is 0 Å². The van der Waals surface area contributed by atoms with Crippen LogP contribution < -0.4 is 9.80 Å². The van der Waals surface area contributed by atoms with Gasteiger partial charge in [0.05, 0.1) is 23.2 Å². The van der Waals surface area contributed by atoms with Crippen LogP contribution in [0.4, 0.5) is 11.5 Å². The van der Waals surface area contributed by atoms with E-state index in [0.29, 0.717) is 5.92 Å². The fourth-order valence-electron chi connectivity index (χ4n) is 6.60. The molecule has 1 N–H and O–H groups in total. The summed E-state index contributed by atoms with van der Waals surface area (Å²) in [4.78, 5) is 9.75. The van der Waals surface area contributed by atoms with Crippen molar-refractivity contribution in [3.05, 3.63) is 81.2 Å². The number of quaternary nitrogens is 1. The van der Waals surface area contributed by atoms with Crippen LogP contribution in [-0.2, 0) is 18.4 Å². The Morgan fingerprint density at radius 2 is 1.79 bits per heavy atom. The quantitative estimate of drug-likeness (QED) is 0.447.